The molecule has 0 spiro atoms. The van der Waals surface area contributed by atoms with E-state index >= 15 is 0 Å². The summed E-state index contributed by atoms with van der Waals surface area (Å²) in [5, 5.41) is 11.6. The molecule has 1 aromatic rings. The Hall–Kier alpha value is -0.780. The second kappa shape index (κ2) is 6.97. The van der Waals surface area contributed by atoms with Crippen LogP contribution in [0, 0.1) is 0 Å². The zero-order chi connectivity index (χ0) is 13.7. The molecule has 0 fully saturated rings. The maximum atomic E-state index is 11.5. The number of carboxylic acid groups (broad SMARTS) is 1. The number of nitrogens with one attached hydrogen (secondary N) is 1. The van der Waals surface area contributed by atoms with Crippen molar-refractivity contribution in [2.45, 2.75) is 19.3 Å². The number of benzene rings is 1. The van der Waals surface area contributed by atoms with Gasteiger partial charge in [0.25, 0.3) is 0 Å². The van der Waals surface area contributed by atoms with Crippen molar-refractivity contribution in [1.82, 2.24) is 0 Å². The summed E-state index contributed by atoms with van der Waals surface area (Å²) in [6.07, 6.45) is 0.363. The Balaban J connectivity index is 2.60. The van der Waals surface area contributed by atoms with E-state index in [1.807, 2.05) is 0 Å². The summed E-state index contributed by atoms with van der Waals surface area (Å²) in [4.78, 5) is 21.8. The van der Waals surface area contributed by atoms with Gasteiger partial charge in [-0.1, -0.05) is 23.2 Å². The van der Waals surface area contributed by atoms with E-state index < -0.39 is 5.97 Å². The summed E-state index contributed by atoms with van der Waals surface area (Å²) in [6, 6.07) is 3.29. The molecule has 0 bridgehead atoms. The van der Waals surface area contributed by atoms with E-state index in [-0.39, 0.29) is 30.2 Å². The van der Waals surface area contributed by atoms with Crippen molar-refractivity contribution in [2.24, 2.45) is 0 Å². The molecule has 18 heavy (non-hydrogen) atoms. The molecule has 0 atom stereocenters. The summed E-state index contributed by atoms with van der Waals surface area (Å²) < 4.78 is 0.637. The number of aliphatic carboxylic acids is 1. The standard InChI is InChI=1S/C11H10BrCl2NO3/c12-6-4-5-7(11(14)10(6)13)15-8(16)2-1-3-9(17)18/h4-5H,1-3H2,(H,15,16)(H,17,18). The van der Waals surface area contributed by atoms with E-state index in [0.717, 1.165) is 0 Å². The summed E-state index contributed by atoms with van der Waals surface area (Å²) in [5.74, 6) is -1.22. The van der Waals surface area contributed by atoms with Crippen LogP contribution < -0.4 is 5.32 Å². The van der Waals surface area contributed by atoms with Crippen molar-refractivity contribution < 1.29 is 14.7 Å². The van der Waals surface area contributed by atoms with Gasteiger partial charge in [0.2, 0.25) is 5.91 Å². The van der Waals surface area contributed by atoms with Gasteiger partial charge in [0.1, 0.15) is 0 Å². The summed E-state index contributed by atoms with van der Waals surface area (Å²) in [7, 11) is 0. The van der Waals surface area contributed by atoms with Crippen LogP contribution in [0.5, 0.6) is 0 Å². The van der Waals surface area contributed by atoms with Gasteiger partial charge in [0.05, 0.1) is 15.7 Å². The highest BCUT2D eigenvalue weighted by Gasteiger charge is 2.11. The van der Waals surface area contributed by atoms with Crippen molar-refractivity contribution in [2.75, 3.05) is 5.32 Å². The van der Waals surface area contributed by atoms with Gasteiger partial charge in [0.15, 0.2) is 0 Å². The number of carbonyl (C=O) groups is 2. The Morgan fingerprint density at radius 1 is 1.22 bits per heavy atom. The smallest absolute Gasteiger partial charge is 0.303 e. The highest BCUT2D eigenvalue weighted by molar-refractivity contribution is 9.10. The molecular weight excluding hydrogens is 345 g/mol. The molecule has 0 saturated carbocycles. The Labute approximate surface area is 122 Å². The maximum Gasteiger partial charge on any atom is 0.303 e. The number of carboxylic acids is 1. The first-order valence-electron chi connectivity index (χ1n) is 5.07. The second-order valence-corrected chi connectivity index (χ2v) is 5.13. The van der Waals surface area contributed by atoms with E-state index in [1.165, 1.54) is 0 Å². The topological polar surface area (TPSA) is 66.4 Å². The number of anilines is 1. The van der Waals surface area contributed by atoms with Gasteiger partial charge < -0.3 is 10.4 Å². The van der Waals surface area contributed by atoms with Crippen LogP contribution in [0.15, 0.2) is 16.6 Å². The van der Waals surface area contributed by atoms with Crippen molar-refractivity contribution >= 4 is 56.7 Å². The Bertz CT molecular complexity index is 480. The van der Waals surface area contributed by atoms with E-state index in [4.69, 9.17) is 28.3 Å². The lowest BCUT2D eigenvalue weighted by Gasteiger charge is -2.09. The first-order chi connectivity index (χ1) is 8.41. The monoisotopic (exact) mass is 353 g/mol. The predicted molar refractivity (Wildman–Crippen MR) is 74.3 cm³/mol. The third-order valence-corrected chi connectivity index (χ3v) is 3.87. The number of rotatable bonds is 5. The van der Waals surface area contributed by atoms with E-state index in [9.17, 15) is 9.59 Å². The van der Waals surface area contributed by atoms with Crippen LogP contribution in [0.3, 0.4) is 0 Å². The van der Waals surface area contributed by atoms with Crippen LogP contribution in [0.4, 0.5) is 5.69 Å². The van der Waals surface area contributed by atoms with Gasteiger partial charge in [-0.05, 0) is 34.5 Å². The highest BCUT2D eigenvalue weighted by atomic mass is 79.9. The lowest BCUT2D eigenvalue weighted by Crippen LogP contribution is -2.12. The normalized spacial score (nSPS) is 10.2. The third-order valence-electron chi connectivity index (χ3n) is 2.10. The molecule has 0 aliphatic carbocycles. The molecule has 0 radical (unpaired) electrons. The Morgan fingerprint density at radius 2 is 1.89 bits per heavy atom. The second-order valence-electron chi connectivity index (χ2n) is 3.52. The minimum absolute atomic E-state index is 0.0394. The van der Waals surface area contributed by atoms with Gasteiger partial charge in [-0.25, -0.2) is 0 Å². The average molecular weight is 355 g/mol. The molecule has 4 nitrogen and oxygen atoms in total. The predicted octanol–water partition coefficient (Wildman–Crippen LogP) is 3.95. The Morgan fingerprint density at radius 3 is 2.50 bits per heavy atom. The van der Waals surface area contributed by atoms with Crippen molar-refractivity contribution in [3.8, 4) is 0 Å². The zero-order valence-electron chi connectivity index (χ0n) is 9.17. The molecule has 0 heterocycles. The van der Waals surface area contributed by atoms with Crippen LogP contribution in [0.1, 0.15) is 19.3 Å². The molecule has 0 saturated heterocycles. The van der Waals surface area contributed by atoms with Crippen LogP contribution in [-0.2, 0) is 9.59 Å². The van der Waals surface area contributed by atoms with Crippen LogP contribution in [0.2, 0.25) is 10.0 Å². The fourth-order valence-corrected chi connectivity index (χ4v) is 2.06. The Kier molecular flexibility index (Phi) is 5.91. The van der Waals surface area contributed by atoms with E-state index in [0.29, 0.717) is 15.2 Å². The molecule has 0 aliphatic heterocycles. The molecule has 1 aromatic carbocycles. The molecular formula is C11H10BrCl2NO3. The van der Waals surface area contributed by atoms with Crippen molar-refractivity contribution in [1.29, 1.82) is 0 Å². The summed E-state index contributed by atoms with van der Waals surface area (Å²) >= 11 is 15.1. The lowest BCUT2D eigenvalue weighted by atomic mass is 10.2. The van der Waals surface area contributed by atoms with Crippen LogP contribution in [0.25, 0.3) is 0 Å². The van der Waals surface area contributed by atoms with Crippen molar-refractivity contribution in [3.63, 3.8) is 0 Å². The lowest BCUT2D eigenvalue weighted by molar-refractivity contribution is -0.137. The quantitative estimate of drug-likeness (QED) is 0.787. The molecule has 0 aliphatic rings. The van der Waals surface area contributed by atoms with Crippen LogP contribution >= 0.6 is 39.1 Å². The fourth-order valence-electron chi connectivity index (χ4n) is 1.24. The van der Waals surface area contributed by atoms with Crippen molar-refractivity contribution in [3.05, 3.63) is 26.7 Å². The van der Waals surface area contributed by atoms with E-state index in [2.05, 4.69) is 21.2 Å². The largest absolute Gasteiger partial charge is 0.481 e. The minimum atomic E-state index is -0.924. The fraction of sp³-hybridized carbons (Fsp3) is 0.273. The first kappa shape index (κ1) is 15.3. The molecule has 7 heteroatoms. The van der Waals surface area contributed by atoms with Gasteiger partial charge in [-0.3, -0.25) is 9.59 Å². The highest BCUT2D eigenvalue weighted by Crippen LogP contribution is 2.35. The number of carbonyl (C=O) groups excluding carboxylic acids is 1. The summed E-state index contributed by atoms with van der Waals surface area (Å²) in [6.45, 7) is 0. The first-order valence-corrected chi connectivity index (χ1v) is 6.62. The minimum Gasteiger partial charge on any atom is -0.481 e. The van der Waals surface area contributed by atoms with Gasteiger partial charge in [-0.2, -0.15) is 0 Å². The third kappa shape index (κ3) is 4.48. The molecule has 98 valence electrons. The van der Waals surface area contributed by atoms with Gasteiger partial charge in [0, 0.05) is 17.3 Å². The molecule has 2 N–H and O–H groups in total. The zero-order valence-corrected chi connectivity index (χ0v) is 12.3. The molecule has 0 unspecified atom stereocenters. The number of halogens is 3. The molecule has 0 aromatic heterocycles. The SMILES string of the molecule is O=C(O)CCCC(=O)Nc1ccc(Br)c(Cl)c1Cl. The molecule has 1 rings (SSSR count). The average Bonchev–Trinajstić information content (AvgIpc) is 2.29. The van der Waals surface area contributed by atoms with Gasteiger partial charge in [-0.15, -0.1) is 0 Å². The summed E-state index contributed by atoms with van der Waals surface area (Å²) in [5.41, 5.74) is 0.408. The number of hydrogen-bond donors (Lipinski definition) is 2. The van der Waals surface area contributed by atoms with E-state index in [1.54, 1.807) is 12.1 Å². The molecule has 1 amide bonds. The number of hydrogen-bond acceptors (Lipinski definition) is 2. The van der Waals surface area contributed by atoms with Gasteiger partial charge >= 0.3 is 5.97 Å². The van der Waals surface area contributed by atoms with Crippen LogP contribution in [-0.4, -0.2) is 17.0 Å². The maximum absolute atomic E-state index is 11.5. The number of amides is 1.